The molecule has 0 unspecified atom stereocenters. The number of hydrogen-bond acceptors (Lipinski definition) is 2. The lowest BCUT2D eigenvalue weighted by atomic mass is 10.1. The molecule has 2 nitrogen and oxygen atoms in total. The number of esters is 1. The average molecular weight is 342 g/mol. The number of unbranched alkanes of at least 4 members (excludes halogenated alkanes) is 3. The van der Waals surface area contributed by atoms with Crippen LogP contribution >= 0.6 is 0 Å². The molecule has 0 aliphatic heterocycles. The molecule has 25 heavy (non-hydrogen) atoms. The maximum Gasteiger partial charge on any atom is 0.343 e. The van der Waals surface area contributed by atoms with E-state index in [1.54, 1.807) is 18.2 Å². The normalized spacial score (nSPS) is 10.7. The van der Waals surface area contributed by atoms with E-state index in [4.69, 9.17) is 4.74 Å². The molecule has 2 aromatic rings. The molecule has 0 amide bonds. The first-order valence-corrected chi connectivity index (χ1v) is 9.23. The fourth-order valence-corrected chi connectivity index (χ4v) is 2.71. The third-order valence-electron chi connectivity index (χ3n) is 4.28. The fraction of sp³-hybridized carbons (Fsp3) is 0.409. The van der Waals surface area contributed by atoms with Crippen molar-refractivity contribution < 1.29 is 13.9 Å². The van der Waals surface area contributed by atoms with Gasteiger partial charge in [0, 0.05) is 0 Å². The lowest BCUT2D eigenvalue weighted by Gasteiger charge is -2.08. The predicted octanol–water partition coefficient (Wildman–Crippen LogP) is 6.12. The minimum Gasteiger partial charge on any atom is -0.420 e. The summed E-state index contributed by atoms with van der Waals surface area (Å²) in [5.74, 6) is -1.03. The minimum absolute atomic E-state index is 0.0145. The van der Waals surface area contributed by atoms with E-state index in [1.165, 1.54) is 11.6 Å². The van der Waals surface area contributed by atoms with Crippen LogP contribution in [0, 0.1) is 5.82 Å². The van der Waals surface area contributed by atoms with Crippen LogP contribution in [-0.2, 0) is 12.8 Å². The van der Waals surface area contributed by atoms with E-state index in [1.807, 2.05) is 18.2 Å². The maximum absolute atomic E-state index is 14.2. The fourth-order valence-electron chi connectivity index (χ4n) is 2.71. The molecule has 0 aliphatic rings. The van der Waals surface area contributed by atoms with E-state index in [9.17, 15) is 9.18 Å². The summed E-state index contributed by atoms with van der Waals surface area (Å²) in [4.78, 5) is 12.2. The number of ether oxygens (including phenoxy) is 1. The van der Waals surface area contributed by atoms with Crippen LogP contribution in [0.1, 0.15) is 67.4 Å². The van der Waals surface area contributed by atoms with Crippen molar-refractivity contribution in [3.8, 4) is 5.75 Å². The third-order valence-corrected chi connectivity index (χ3v) is 4.28. The summed E-state index contributed by atoms with van der Waals surface area (Å²) in [5.41, 5.74) is 2.57. The van der Waals surface area contributed by atoms with Crippen molar-refractivity contribution in [2.75, 3.05) is 0 Å². The molecule has 3 heteroatoms. The zero-order valence-corrected chi connectivity index (χ0v) is 15.2. The number of hydrogen-bond donors (Lipinski definition) is 0. The van der Waals surface area contributed by atoms with E-state index in [-0.39, 0.29) is 5.75 Å². The molecule has 0 N–H and O–H groups in total. The van der Waals surface area contributed by atoms with Gasteiger partial charge in [-0.2, -0.15) is 0 Å². The number of aryl methyl sites for hydroxylation is 2. The van der Waals surface area contributed by atoms with Gasteiger partial charge < -0.3 is 4.74 Å². The Hall–Kier alpha value is -2.16. The summed E-state index contributed by atoms with van der Waals surface area (Å²) in [6.07, 6.45) is 7.41. The first-order valence-electron chi connectivity index (χ1n) is 9.23. The van der Waals surface area contributed by atoms with Gasteiger partial charge >= 0.3 is 5.97 Å². The van der Waals surface area contributed by atoms with Gasteiger partial charge in [-0.05, 0) is 61.1 Å². The monoisotopic (exact) mass is 342 g/mol. The van der Waals surface area contributed by atoms with Crippen molar-refractivity contribution in [1.82, 2.24) is 0 Å². The quantitative estimate of drug-likeness (QED) is 0.312. The van der Waals surface area contributed by atoms with Crippen molar-refractivity contribution >= 4 is 5.97 Å². The molecule has 0 saturated carbocycles. The van der Waals surface area contributed by atoms with Crippen LogP contribution in [0.15, 0.2) is 42.5 Å². The minimum atomic E-state index is -0.528. The third kappa shape index (κ3) is 6.00. The van der Waals surface area contributed by atoms with Crippen LogP contribution in [0.4, 0.5) is 4.39 Å². The molecule has 2 aromatic carbocycles. The van der Waals surface area contributed by atoms with Gasteiger partial charge in [0.2, 0.25) is 0 Å². The van der Waals surface area contributed by atoms with Crippen LogP contribution in [-0.4, -0.2) is 5.97 Å². The molecule has 0 radical (unpaired) electrons. The Bertz CT molecular complexity index is 677. The van der Waals surface area contributed by atoms with Gasteiger partial charge in [-0.15, -0.1) is 0 Å². The Morgan fingerprint density at radius 2 is 1.52 bits per heavy atom. The van der Waals surface area contributed by atoms with Gasteiger partial charge in [-0.3, -0.25) is 0 Å². The van der Waals surface area contributed by atoms with Gasteiger partial charge in [0.25, 0.3) is 0 Å². The van der Waals surface area contributed by atoms with Crippen molar-refractivity contribution in [2.45, 2.75) is 58.8 Å². The van der Waals surface area contributed by atoms with Crippen molar-refractivity contribution in [1.29, 1.82) is 0 Å². The number of carbonyl (C=O) groups excluding carboxylic acids is 1. The standard InChI is InChI=1S/C22H27FO2/c1-3-5-7-9-18-12-15-21(20(23)16-18)25-22(24)19-13-10-17(11-14-19)8-6-4-2/h10-16H,3-9H2,1-2H3. The Morgan fingerprint density at radius 3 is 2.16 bits per heavy atom. The van der Waals surface area contributed by atoms with Gasteiger partial charge in [0.1, 0.15) is 0 Å². The summed E-state index contributed by atoms with van der Waals surface area (Å²) < 4.78 is 19.4. The van der Waals surface area contributed by atoms with Crippen LogP contribution < -0.4 is 4.74 Å². The molecule has 0 bridgehead atoms. The van der Waals surface area contributed by atoms with E-state index < -0.39 is 11.8 Å². The number of rotatable bonds is 9. The molecule has 0 aromatic heterocycles. The molecule has 0 aliphatic carbocycles. The molecular formula is C22H27FO2. The molecule has 0 fully saturated rings. The summed E-state index contributed by atoms with van der Waals surface area (Å²) >= 11 is 0. The number of benzene rings is 2. The highest BCUT2D eigenvalue weighted by atomic mass is 19.1. The Morgan fingerprint density at radius 1 is 0.880 bits per heavy atom. The van der Waals surface area contributed by atoms with Gasteiger partial charge in [-0.25, -0.2) is 9.18 Å². The Kier molecular flexibility index (Phi) is 7.65. The second-order valence-electron chi connectivity index (χ2n) is 6.41. The first-order chi connectivity index (χ1) is 12.1. The smallest absolute Gasteiger partial charge is 0.343 e. The molecular weight excluding hydrogens is 315 g/mol. The molecule has 2 rings (SSSR count). The van der Waals surface area contributed by atoms with E-state index >= 15 is 0 Å². The van der Waals surface area contributed by atoms with Gasteiger partial charge in [0.15, 0.2) is 11.6 Å². The van der Waals surface area contributed by atoms with Crippen LogP contribution in [0.25, 0.3) is 0 Å². The summed E-state index contributed by atoms with van der Waals surface area (Å²) in [7, 11) is 0. The van der Waals surface area contributed by atoms with Crippen molar-refractivity contribution in [2.24, 2.45) is 0 Å². The molecule has 134 valence electrons. The van der Waals surface area contributed by atoms with E-state index in [0.29, 0.717) is 5.56 Å². The van der Waals surface area contributed by atoms with Gasteiger partial charge in [0.05, 0.1) is 5.56 Å². The Labute approximate surface area is 150 Å². The summed E-state index contributed by atoms with van der Waals surface area (Å²) in [5, 5.41) is 0. The second kappa shape index (κ2) is 9.97. The van der Waals surface area contributed by atoms with Crippen molar-refractivity contribution in [3.63, 3.8) is 0 Å². The molecule has 0 atom stereocenters. The van der Waals surface area contributed by atoms with Crippen LogP contribution in [0.2, 0.25) is 0 Å². The van der Waals surface area contributed by atoms with E-state index in [2.05, 4.69) is 13.8 Å². The molecule has 0 spiro atoms. The first kappa shape index (κ1) is 19.2. The number of carbonyl (C=O) groups is 1. The predicted molar refractivity (Wildman–Crippen MR) is 99.6 cm³/mol. The number of halogens is 1. The summed E-state index contributed by atoms with van der Waals surface area (Å²) in [6.45, 7) is 4.29. The topological polar surface area (TPSA) is 26.3 Å². The highest BCUT2D eigenvalue weighted by Crippen LogP contribution is 2.21. The zero-order chi connectivity index (χ0) is 18.1. The largest absolute Gasteiger partial charge is 0.420 e. The Balaban J connectivity index is 1.97. The second-order valence-corrected chi connectivity index (χ2v) is 6.41. The summed E-state index contributed by atoms with van der Waals surface area (Å²) in [6, 6.07) is 12.2. The highest BCUT2D eigenvalue weighted by molar-refractivity contribution is 5.91. The van der Waals surface area contributed by atoms with Crippen LogP contribution in [0.3, 0.4) is 0 Å². The van der Waals surface area contributed by atoms with Gasteiger partial charge in [-0.1, -0.05) is 51.3 Å². The SMILES string of the molecule is CCCCCc1ccc(OC(=O)c2ccc(CCCC)cc2)c(F)c1. The van der Waals surface area contributed by atoms with E-state index in [0.717, 1.165) is 50.5 Å². The van der Waals surface area contributed by atoms with Crippen molar-refractivity contribution in [3.05, 3.63) is 65.0 Å². The zero-order valence-electron chi connectivity index (χ0n) is 15.2. The maximum atomic E-state index is 14.2. The van der Waals surface area contributed by atoms with Crippen LogP contribution in [0.5, 0.6) is 5.75 Å². The molecule has 0 heterocycles. The highest BCUT2D eigenvalue weighted by Gasteiger charge is 2.12. The lowest BCUT2D eigenvalue weighted by Crippen LogP contribution is -2.09. The average Bonchev–Trinajstić information content (AvgIpc) is 2.62. The molecule has 0 saturated heterocycles. The lowest BCUT2D eigenvalue weighted by molar-refractivity contribution is 0.0728.